The van der Waals surface area contributed by atoms with Crippen LogP contribution in [0.25, 0.3) is 0 Å². The number of nitrogens with one attached hydrogen (secondary N) is 2. The fourth-order valence-corrected chi connectivity index (χ4v) is 4.28. The van der Waals surface area contributed by atoms with Gasteiger partial charge in [0.2, 0.25) is 5.91 Å². The van der Waals surface area contributed by atoms with E-state index >= 15 is 8.78 Å². The van der Waals surface area contributed by atoms with Gasteiger partial charge in [-0.25, -0.2) is 18.5 Å². The lowest BCUT2D eigenvalue weighted by atomic mass is 9.75. The van der Waals surface area contributed by atoms with Crippen molar-refractivity contribution < 1.29 is 18.4 Å². The number of hydrogen-bond acceptors (Lipinski definition) is 3. The summed E-state index contributed by atoms with van der Waals surface area (Å²) in [6.45, 7) is 5.21. The van der Waals surface area contributed by atoms with Gasteiger partial charge in [0, 0.05) is 22.9 Å². The molecule has 0 aliphatic carbocycles. The standard InChI is InChI=1S/C25H22F2N4O2/c1-4-25(19-14-28-30-16(19)3)15(2)23(32)31(24(33)29-25)22-20(26)12-18(13-21(22)27)11-10-17-8-6-5-7-9-17/h5-9,12-15H,4H2,1-3H3,(H,28,30)(H,29,33)/t15?,25-/m0/s1. The molecule has 1 aliphatic rings. The molecule has 3 amide bonds. The predicted octanol–water partition coefficient (Wildman–Crippen LogP) is 4.39. The molecule has 3 aromatic rings. The van der Waals surface area contributed by atoms with Crippen molar-refractivity contribution in [1.29, 1.82) is 0 Å². The number of halogens is 2. The van der Waals surface area contributed by atoms with Crippen LogP contribution in [0.3, 0.4) is 0 Å². The van der Waals surface area contributed by atoms with Gasteiger partial charge in [-0.2, -0.15) is 5.10 Å². The van der Waals surface area contributed by atoms with E-state index in [2.05, 4.69) is 27.4 Å². The van der Waals surface area contributed by atoms with Gasteiger partial charge in [0.25, 0.3) is 0 Å². The molecule has 0 saturated carbocycles. The number of amides is 3. The van der Waals surface area contributed by atoms with Crippen molar-refractivity contribution >= 4 is 17.6 Å². The summed E-state index contributed by atoms with van der Waals surface area (Å²) < 4.78 is 30.0. The second kappa shape index (κ2) is 8.51. The van der Waals surface area contributed by atoms with Crippen molar-refractivity contribution in [1.82, 2.24) is 15.5 Å². The van der Waals surface area contributed by atoms with Crippen molar-refractivity contribution in [2.45, 2.75) is 32.7 Å². The highest BCUT2D eigenvalue weighted by Crippen LogP contribution is 2.40. The van der Waals surface area contributed by atoms with Crippen LogP contribution in [0.1, 0.15) is 42.7 Å². The number of carbonyl (C=O) groups is 2. The van der Waals surface area contributed by atoms with Gasteiger partial charge in [-0.1, -0.05) is 43.9 Å². The van der Waals surface area contributed by atoms with E-state index in [9.17, 15) is 9.59 Å². The van der Waals surface area contributed by atoms with Gasteiger partial charge in [-0.3, -0.25) is 9.89 Å². The number of rotatable bonds is 3. The van der Waals surface area contributed by atoms with Crippen LogP contribution < -0.4 is 10.2 Å². The summed E-state index contributed by atoms with van der Waals surface area (Å²) in [7, 11) is 0. The van der Waals surface area contributed by atoms with E-state index in [4.69, 9.17) is 0 Å². The summed E-state index contributed by atoms with van der Waals surface area (Å²) in [5.41, 5.74) is 0.300. The van der Waals surface area contributed by atoms with Crippen molar-refractivity contribution in [2.24, 2.45) is 5.92 Å². The fraction of sp³-hybridized carbons (Fsp3) is 0.240. The quantitative estimate of drug-likeness (QED) is 0.584. The van der Waals surface area contributed by atoms with E-state index in [-0.39, 0.29) is 5.56 Å². The Morgan fingerprint density at radius 2 is 1.73 bits per heavy atom. The average molecular weight is 448 g/mol. The maximum absolute atomic E-state index is 15.0. The number of aromatic amines is 1. The summed E-state index contributed by atoms with van der Waals surface area (Å²) in [6, 6.07) is 10.1. The van der Waals surface area contributed by atoms with E-state index in [0.29, 0.717) is 28.1 Å². The molecule has 1 fully saturated rings. The first-order valence-electron chi connectivity index (χ1n) is 10.5. The zero-order valence-electron chi connectivity index (χ0n) is 18.4. The smallest absolute Gasteiger partial charge is 0.327 e. The topological polar surface area (TPSA) is 78.1 Å². The highest BCUT2D eigenvalue weighted by atomic mass is 19.1. The predicted molar refractivity (Wildman–Crippen MR) is 119 cm³/mol. The Bertz CT molecular complexity index is 1270. The lowest BCUT2D eigenvalue weighted by Gasteiger charge is -2.45. The molecule has 1 unspecified atom stereocenters. The number of hydrogen-bond donors (Lipinski definition) is 2. The summed E-state index contributed by atoms with van der Waals surface area (Å²) in [4.78, 5) is 26.9. The highest BCUT2D eigenvalue weighted by molar-refractivity contribution is 6.17. The second-order valence-corrected chi connectivity index (χ2v) is 7.94. The first kappa shape index (κ1) is 22.2. The largest absolute Gasteiger partial charge is 0.329 e. The maximum Gasteiger partial charge on any atom is 0.329 e. The van der Waals surface area contributed by atoms with Crippen LogP contribution >= 0.6 is 0 Å². The highest BCUT2D eigenvalue weighted by Gasteiger charge is 2.51. The third-order valence-electron chi connectivity index (χ3n) is 6.10. The fourth-order valence-electron chi connectivity index (χ4n) is 4.28. The Morgan fingerprint density at radius 1 is 1.09 bits per heavy atom. The molecule has 1 aliphatic heterocycles. The molecule has 2 aromatic carbocycles. The van der Waals surface area contributed by atoms with Gasteiger partial charge in [0.15, 0.2) is 11.6 Å². The molecule has 0 radical (unpaired) electrons. The second-order valence-electron chi connectivity index (χ2n) is 7.94. The number of benzene rings is 2. The third kappa shape index (κ3) is 3.76. The molecule has 2 N–H and O–H groups in total. The minimum absolute atomic E-state index is 0.0902. The van der Waals surface area contributed by atoms with Crippen LogP contribution in [0.4, 0.5) is 19.3 Å². The van der Waals surface area contributed by atoms with Crippen LogP contribution in [0.15, 0.2) is 48.7 Å². The molecule has 33 heavy (non-hydrogen) atoms. The van der Waals surface area contributed by atoms with Crippen LogP contribution in [-0.2, 0) is 10.3 Å². The summed E-state index contributed by atoms with van der Waals surface area (Å²) >= 11 is 0. The molecule has 4 rings (SSSR count). The zero-order valence-corrected chi connectivity index (χ0v) is 18.4. The van der Waals surface area contributed by atoms with Crippen molar-refractivity contribution in [3.05, 3.63) is 82.7 Å². The lowest BCUT2D eigenvalue weighted by Crippen LogP contribution is -2.65. The molecule has 2 atom stereocenters. The molecule has 6 nitrogen and oxygen atoms in total. The van der Waals surface area contributed by atoms with Crippen LogP contribution in [0.2, 0.25) is 0 Å². The van der Waals surface area contributed by atoms with E-state index < -0.39 is 40.7 Å². The molecule has 1 aromatic heterocycles. The Labute approximate surface area is 190 Å². The number of anilines is 1. The van der Waals surface area contributed by atoms with E-state index in [1.807, 2.05) is 13.0 Å². The molecule has 8 heteroatoms. The van der Waals surface area contributed by atoms with Gasteiger partial charge in [-0.15, -0.1) is 0 Å². The van der Waals surface area contributed by atoms with Gasteiger partial charge in [0.1, 0.15) is 5.69 Å². The number of aromatic nitrogens is 2. The number of aryl methyl sites for hydroxylation is 1. The molecule has 2 heterocycles. The first-order valence-corrected chi connectivity index (χ1v) is 10.5. The lowest BCUT2D eigenvalue weighted by molar-refractivity contribution is -0.125. The summed E-state index contributed by atoms with van der Waals surface area (Å²) in [6.07, 6.45) is 2.01. The SMILES string of the molecule is CC[C@]1(c2c[nH]nc2C)NC(=O)N(c2c(F)cc(C#Cc3ccccc3)cc2F)C(=O)C1C. The summed E-state index contributed by atoms with van der Waals surface area (Å²) in [5.74, 6) is 1.93. The van der Waals surface area contributed by atoms with Gasteiger partial charge < -0.3 is 5.32 Å². The maximum atomic E-state index is 15.0. The minimum atomic E-state index is -1.05. The Hall–Kier alpha value is -3.99. The zero-order chi connectivity index (χ0) is 23.8. The van der Waals surface area contributed by atoms with E-state index in [1.165, 1.54) is 0 Å². The number of carbonyl (C=O) groups excluding carboxylic acids is 2. The first-order chi connectivity index (χ1) is 15.8. The Morgan fingerprint density at radius 3 is 2.30 bits per heavy atom. The summed E-state index contributed by atoms with van der Waals surface area (Å²) in [5, 5.41) is 9.64. The van der Waals surface area contributed by atoms with E-state index in [0.717, 1.165) is 12.1 Å². The van der Waals surface area contributed by atoms with Gasteiger partial charge in [0.05, 0.1) is 17.2 Å². The van der Waals surface area contributed by atoms with Crippen LogP contribution in [-0.4, -0.2) is 22.1 Å². The molecule has 0 spiro atoms. The molecular formula is C25H22F2N4O2. The van der Waals surface area contributed by atoms with Crippen LogP contribution in [0.5, 0.6) is 0 Å². The number of imide groups is 1. The third-order valence-corrected chi connectivity index (χ3v) is 6.10. The number of H-pyrrole nitrogens is 1. The van der Waals surface area contributed by atoms with Crippen molar-refractivity contribution in [3.63, 3.8) is 0 Å². The monoisotopic (exact) mass is 448 g/mol. The molecule has 1 saturated heterocycles. The van der Waals surface area contributed by atoms with Crippen molar-refractivity contribution in [3.8, 4) is 11.8 Å². The Kier molecular flexibility index (Phi) is 5.73. The van der Waals surface area contributed by atoms with Crippen molar-refractivity contribution in [2.75, 3.05) is 4.90 Å². The number of nitrogens with zero attached hydrogens (tertiary/aromatic N) is 2. The van der Waals surface area contributed by atoms with Crippen LogP contribution in [0, 0.1) is 36.3 Å². The normalized spacial score (nSPS) is 20.3. The minimum Gasteiger partial charge on any atom is -0.327 e. The number of urea groups is 1. The molecule has 0 bridgehead atoms. The molecular weight excluding hydrogens is 426 g/mol. The Balaban J connectivity index is 1.70. The van der Waals surface area contributed by atoms with Gasteiger partial charge >= 0.3 is 6.03 Å². The van der Waals surface area contributed by atoms with Gasteiger partial charge in [-0.05, 0) is 37.6 Å². The molecule has 168 valence electrons. The van der Waals surface area contributed by atoms with E-state index in [1.54, 1.807) is 44.3 Å². The average Bonchev–Trinajstić information content (AvgIpc) is 3.23.